The molecular weight excluding hydrogens is 386 g/mol. The third-order valence-corrected chi connectivity index (χ3v) is 6.75. The van der Waals surface area contributed by atoms with Crippen LogP contribution in [-0.4, -0.2) is 7.05 Å². The van der Waals surface area contributed by atoms with Gasteiger partial charge in [0, 0.05) is 9.35 Å². The van der Waals surface area contributed by atoms with Gasteiger partial charge in [-0.15, -0.1) is 11.3 Å². The molecule has 0 aliphatic rings. The van der Waals surface area contributed by atoms with E-state index in [0.717, 1.165) is 8.26 Å². The van der Waals surface area contributed by atoms with E-state index in [0.29, 0.717) is 0 Å². The molecule has 0 saturated heterocycles. The van der Waals surface area contributed by atoms with E-state index in [4.69, 9.17) is 0 Å². The van der Waals surface area contributed by atoms with Crippen LogP contribution in [0.3, 0.4) is 0 Å². The third-order valence-electron chi connectivity index (χ3n) is 3.43. The Bertz CT molecular complexity index is 585. The number of thiophene rings is 1. The lowest BCUT2D eigenvalue weighted by Gasteiger charge is -2.19. The summed E-state index contributed by atoms with van der Waals surface area (Å²) in [7, 11) is 2.01. The first-order chi connectivity index (χ1) is 8.93. The summed E-state index contributed by atoms with van der Waals surface area (Å²) in [5.74, 6) is 0. The van der Waals surface area contributed by atoms with Crippen molar-refractivity contribution in [1.29, 1.82) is 0 Å². The van der Waals surface area contributed by atoms with E-state index in [1.807, 2.05) is 7.05 Å². The summed E-state index contributed by atoms with van der Waals surface area (Å²) in [6.45, 7) is 6.52. The van der Waals surface area contributed by atoms with E-state index < -0.39 is 0 Å². The number of hydrogen-bond acceptors (Lipinski definition) is 2. The number of nitrogens with one attached hydrogen (secondary N) is 1. The van der Waals surface area contributed by atoms with Crippen LogP contribution >= 0.6 is 43.2 Å². The van der Waals surface area contributed by atoms with Crippen molar-refractivity contribution in [2.24, 2.45) is 0 Å². The molecule has 0 amide bonds. The minimum Gasteiger partial charge on any atom is -0.309 e. The summed E-state index contributed by atoms with van der Waals surface area (Å²) in [4.78, 5) is 1.31. The Kier molecular flexibility index (Phi) is 4.88. The first-order valence-electron chi connectivity index (χ1n) is 6.13. The average Bonchev–Trinajstić information content (AvgIpc) is 2.67. The van der Waals surface area contributed by atoms with Crippen molar-refractivity contribution in [2.45, 2.75) is 26.8 Å². The first-order valence-corrected chi connectivity index (χ1v) is 8.54. The van der Waals surface area contributed by atoms with Gasteiger partial charge in [0.25, 0.3) is 0 Å². The maximum Gasteiger partial charge on any atom is 0.0843 e. The lowest BCUT2D eigenvalue weighted by molar-refractivity contribution is 0.698. The second-order valence-electron chi connectivity index (χ2n) is 4.79. The standard InChI is InChI=1S/C15H17Br2NS/c1-8-5-10(3)11(6-9(8)2)14(18-4)13-7-12(16)15(17)19-13/h5-7,14,18H,1-4H3. The molecular formula is C15H17Br2NS. The van der Waals surface area contributed by atoms with Crippen LogP contribution in [0.1, 0.15) is 33.2 Å². The molecule has 2 rings (SSSR count). The molecule has 1 heterocycles. The van der Waals surface area contributed by atoms with Gasteiger partial charge < -0.3 is 5.32 Å². The van der Waals surface area contributed by atoms with E-state index in [1.54, 1.807) is 11.3 Å². The highest BCUT2D eigenvalue weighted by Gasteiger charge is 2.18. The Morgan fingerprint density at radius 3 is 2.16 bits per heavy atom. The van der Waals surface area contributed by atoms with Gasteiger partial charge in [0.15, 0.2) is 0 Å². The molecule has 2 aromatic rings. The minimum atomic E-state index is 0.242. The molecule has 19 heavy (non-hydrogen) atoms. The van der Waals surface area contributed by atoms with Crippen molar-refractivity contribution in [3.05, 3.63) is 53.6 Å². The lowest BCUT2D eigenvalue weighted by atomic mass is 9.95. The van der Waals surface area contributed by atoms with E-state index in [-0.39, 0.29) is 6.04 Å². The molecule has 0 aliphatic heterocycles. The van der Waals surface area contributed by atoms with Crippen LogP contribution < -0.4 is 5.32 Å². The zero-order valence-electron chi connectivity index (χ0n) is 11.5. The van der Waals surface area contributed by atoms with Crippen molar-refractivity contribution < 1.29 is 0 Å². The highest BCUT2D eigenvalue weighted by molar-refractivity contribution is 9.13. The minimum absolute atomic E-state index is 0.242. The highest BCUT2D eigenvalue weighted by Crippen LogP contribution is 2.38. The second-order valence-corrected chi connectivity index (χ2v) is 8.04. The van der Waals surface area contributed by atoms with Crippen molar-refractivity contribution >= 4 is 43.2 Å². The maximum atomic E-state index is 3.57. The van der Waals surface area contributed by atoms with Gasteiger partial charge in [0.1, 0.15) is 0 Å². The number of halogens is 2. The van der Waals surface area contributed by atoms with E-state index in [2.05, 4.69) is 76.1 Å². The molecule has 1 unspecified atom stereocenters. The zero-order chi connectivity index (χ0) is 14.2. The Balaban J connectivity index is 2.50. The normalized spacial score (nSPS) is 12.7. The quantitative estimate of drug-likeness (QED) is 0.713. The van der Waals surface area contributed by atoms with Gasteiger partial charge >= 0.3 is 0 Å². The summed E-state index contributed by atoms with van der Waals surface area (Å²) in [6, 6.07) is 7.00. The first kappa shape index (κ1) is 15.2. The predicted molar refractivity (Wildman–Crippen MR) is 91.3 cm³/mol. The Morgan fingerprint density at radius 2 is 1.63 bits per heavy atom. The molecule has 1 atom stereocenters. The third kappa shape index (κ3) is 3.13. The van der Waals surface area contributed by atoms with Crippen molar-refractivity contribution in [1.82, 2.24) is 5.32 Å². The molecule has 1 aromatic carbocycles. The molecule has 0 aliphatic carbocycles. The Morgan fingerprint density at radius 1 is 1.00 bits per heavy atom. The van der Waals surface area contributed by atoms with E-state index in [1.165, 1.54) is 27.1 Å². The van der Waals surface area contributed by atoms with Crippen molar-refractivity contribution in [3.8, 4) is 0 Å². The monoisotopic (exact) mass is 401 g/mol. The van der Waals surface area contributed by atoms with Gasteiger partial charge in [-0.1, -0.05) is 12.1 Å². The SMILES string of the molecule is CNC(c1cc(Br)c(Br)s1)c1cc(C)c(C)cc1C. The molecule has 1 aromatic heterocycles. The van der Waals surface area contributed by atoms with Crippen LogP contribution in [0.25, 0.3) is 0 Å². The van der Waals surface area contributed by atoms with Gasteiger partial charge in [-0.25, -0.2) is 0 Å². The molecule has 0 radical (unpaired) electrons. The molecule has 0 fully saturated rings. The van der Waals surface area contributed by atoms with Crippen LogP contribution in [0.5, 0.6) is 0 Å². The van der Waals surface area contributed by atoms with Gasteiger partial charge in [-0.05, 0) is 88.0 Å². The van der Waals surface area contributed by atoms with Crippen LogP contribution in [0.4, 0.5) is 0 Å². The molecule has 102 valence electrons. The summed E-state index contributed by atoms with van der Waals surface area (Å²) in [6.07, 6.45) is 0. The predicted octanol–water partition coefficient (Wildman–Crippen LogP) is 5.51. The Hall–Kier alpha value is -0.160. The molecule has 1 nitrogen and oxygen atoms in total. The fraction of sp³-hybridized carbons (Fsp3) is 0.333. The lowest BCUT2D eigenvalue weighted by Crippen LogP contribution is -2.18. The summed E-state index contributed by atoms with van der Waals surface area (Å²) in [5.41, 5.74) is 5.38. The second kappa shape index (κ2) is 6.08. The highest BCUT2D eigenvalue weighted by atomic mass is 79.9. The summed E-state index contributed by atoms with van der Waals surface area (Å²) in [5, 5.41) is 3.43. The number of benzene rings is 1. The van der Waals surface area contributed by atoms with E-state index >= 15 is 0 Å². The molecule has 1 N–H and O–H groups in total. The smallest absolute Gasteiger partial charge is 0.0843 e. The van der Waals surface area contributed by atoms with Crippen LogP contribution in [0.2, 0.25) is 0 Å². The van der Waals surface area contributed by atoms with Crippen LogP contribution in [0, 0.1) is 20.8 Å². The fourth-order valence-electron chi connectivity index (χ4n) is 2.25. The summed E-state index contributed by atoms with van der Waals surface area (Å²) < 4.78 is 2.26. The Labute approximate surface area is 135 Å². The van der Waals surface area contributed by atoms with Crippen molar-refractivity contribution in [2.75, 3.05) is 7.05 Å². The maximum absolute atomic E-state index is 3.57. The molecule has 0 bridgehead atoms. The fourth-order valence-corrected chi connectivity index (χ4v) is 4.47. The summed E-state index contributed by atoms with van der Waals surface area (Å²) >= 11 is 8.91. The number of hydrogen-bond donors (Lipinski definition) is 1. The topological polar surface area (TPSA) is 12.0 Å². The number of rotatable bonds is 3. The van der Waals surface area contributed by atoms with Gasteiger partial charge in [0.2, 0.25) is 0 Å². The molecule has 4 heteroatoms. The van der Waals surface area contributed by atoms with Crippen LogP contribution in [0.15, 0.2) is 26.5 Å². The molecule has 0 spiro atoms. The number of aryl methyl sites for hydroxylation is 3. The average molecular weight is 403 g/mol. The van der Waals surface area contributed by atoms with E-state index in [9.17, 15) is 0 Å². The van der Waals surface area contributed by atoms with Crippen molar-refractivity contribution in [3.63, 3.8) is 0 Å². The van der Waals surface area contributed by atoms with Crippen LogP contribution in [-0.2, 0) is 0 Å². The van der Waals surface area contributed by atoms with Gasteiger partial charge in [-0.2, -0.15) is 0 Å². The zero-order valence-corrected chi connectivity index (χ0v) is 15.5. The van der Waals surface area contributed by atoms with Gasteiger partial charge in [0.05, 0.1) is 9.83 Å². The molecule has 0 saturated carbocycles. The largest absolute Gasteiger partial charge is 0.309 e. The van der Waals surface area contributed by atoms with Gasteiger partial charge in [-0.3, -0.25) is 0 Å².